The minimum atomic E-state index is 0.502. The van der Waals surface area contributed by atoms with Crippen molar-refractivity contribution in [2.24, 2.45) is 0 Å². The first-order chi connectivity index (χ1) is 10.3. The molecule has 0 saturated heterocycles. The van der Waals surface area contributed by atoms with E-state index < -0.39 is 0 Å². The number of pyridine rings is 2. The van der Waals surface area contributed by atoms with Crippen LogP contribution in [0.25, 0.3) is 5.69 Å². The number of hydrogen-bond donors (Lipinski definition) is 1. The average Bonchev–Trinajstić information content (AvgIpc) is 2.97. The number of rotatable bonds is 5. The van der Waals surface area contributed by atoms with Gasteiger partial charge in [0.05, 0.1) is 5.69 Å². The minimum Gasteiger partial charge on any atom is -0.317 e. The fourth-order valence-electron chi connectivity index (χ4n) is 2.19. The molecule has 3 rings (SSSR count). The van der Waals surface area contributed by atoms with E-state index in [-0.39, 0.29) is 0 Å². The standard InChI is InChI=1S/C16H15ClN4/c17-16-15(6-2-8-20-16)21-9-3-5-14(21)12-19-11-13-4-1-7-18-10-13/h1-10,19H,11-12H2. The van der Waals surface area contributed by atoms with Crippen molar-refractivity contribution in [3.8, 4) is 5.69 Å². The Morgan fingerprint density at radius 1 is 1.05 bits per heavy atom. The molecule has 3 aromatic rings. The molecule has 0 aliphatic carbocycles. The summed E-state index contributed by atoms with van der Waals surface area (Å²) < 4.78 is 2.05. The number of nitrogens with zero attached hydrogens (tertiary/aromatic N) is 3. The summed E-state index contributed by atoms with van der Waals surface area (Å²) in [6, 6.07) is 11.9. The molecule has 21 heavy (non-hydrogen) atoms. The molecule has 1 N–H and O–H groups in total. The molecule has 3 heterocycles. The summed E-state index contributed by atoms with van der Waals surface area (Å²) in [5.74, 6) is 0. The fourth-order valence-corrected chi connectivity index (χ4v) is 2.40. The van der Waals surface area contributed by atoms with Crippen LogP contribution < -0.4 is 5.32 Å². The topological polar surface area (TPSA) is 42.7 Å². The van der Waals surface area contributed by atoms with E-state index in [2.05, 4.69) is 27.4 Å². The summed E-state index contributed by atoms with van der Waals surface area (Å²) in [5.41, 5.74) is 3.19. The Labute approximate surface area is 128 Å². The van der Waals surface area contributed by atoms with Crippen molar-refractivity contribution < 1.29 is 0 Å². The summed E-state index contributed by atoms with van der Waals surface area (Å²) in [4.78, 5) is 8.23. The number of halogens is 1. The third-order valence-corrected chi connectivity index (χ3v) is 3.48. The van der Waals surface area contributed by atoms with Gasteiger partial charge in [-0.2, -0.15) is 0 Å². The van der Waals surface area contributed by atoms with Crippen LogP contribution in [0.15, 0.2) is 61.2 Å². The molecule has 0 saturated carbocycles. The van der Waals surface area contributed by atoms with E-state index in [9.17, 15) is 0 Å². The summed E-state index contributed by atoms with van der Waals surface area (Å²) in [7, 11) is 0. The van der Waals surface area contributed by atoms with Gasteiger partial charge in [0, 0.05) is 43.6 Å². The highest BCUT2D eigenvalue weighted by Gasteiger charge is 2.07. The second kappa shape index (κ2) is 6.52. The molecule has 0 amide bonds. The van der Waals surface area contributed by atoms with Crippen LogP contribution in [-0.2, 0) is 13.1 Å². The highest BCUT2D eigenvalue weighted by Crippen LogP contribution is 2.19. The molecule has 0 aromatic carbocycles. The highest BCUT2D eigenvalue weighted by molar-refractivity contribution is 6.31. The minimum absolute atomic E-state index is 0.502. The maximum atomic E-state index is 6.16. The Kier molecular flexibility index (Phi) is 4.28. The molecule has 0 bridgehead atoms. The van der Waals surface area contributed by atoms with Crippen LogP contribution in [0.3, 0.4) is 0 Å². The summed E-state index contributed by atoms with van der Waals surface area (Å²) >= 11 is 6.16. The molecule has 0 aliphatic heterocycles. The Hall–Kier alpha value is -2.17. The molecule has 0 spiro atoms. The van der Waals surface area contributed by atoms with E-state index in [1.54, 1.807) is 12.4 Å². The van der Waals surface area contributed by atoms with Gasteiger partial charge in [-0.3, -0.25) is 4.98 Å². The van der Waals surface area contributed by atoms with Crippen molar-refractivity contribution in [3.63, 3.8) is 0 Å². The van der Waals surface area contributed by atoms with E-state index in [0.29, 0.717) is 5.15 Å². The van der Waals surface area contributed by atoms with Crippen molar-refractivity contribution in [1.82, 2.24) is 19.9 Å². The predicted octanol–water partition coefficient (Wildman–Crippen LogP) is 3.21. The molecular weight excluding hydrogens is 284 g/mol. The van der Waals surface area contributed by atoms with E-state index in [0.717, 1.165) is 30.0 Å². The first kappa shape index (κ1) is 13.8. The van der Waals surface area contributed by atoms with Gasteiger partial charge in [-0.05, 0) is 35.9 Å². The Bertz CT molecular complexity index is 709. The van der Waals surface area contributed by atoms with Gasteiger partial charge in [0.25, 0.3) is 0 Å². The zero-order valence-electron chi connectivity index (χ0n) is 11.4. The maximum absolute atomic E-state index is 6.16. The number of hydrogen-bond acceptors (Lipinski definition) is 3. The Morgan fingerprint density at radius 3 is 2.76 bits per heavy atom. The lowest BCUT2D eigenvalue weighted by molar-refractivity contribution is 0.668. The van der Waals surface area contributed by atoms with E-state index in [1.807, 2.05) is 41.2 Å². The van der Waals surface area contributed by atoms with E-state index in [1.165, 1.54) is 0 Å². The van der Waals surface area contributed by atoms with Gasteiger partial charge < -0.3 is 9.88 Å². The fraction of sp³-hybridized carbons (Fsp3) is 0.125. The first-order valence-corrected chi connectivity index (χ1v) is 7.09. The summed E-state index contributed by atoms with van der Waals surface area (Å²) in [6.07, 6.45) is 7.32. The molecule has 0 unspecified atom stereocenters. The largest absolute Gasteiger partial charge is 0.317 e. The molecule has 0 atom stereocenters. The molecule has 3 aromatic heterocycles. The third-order valence-electron chi connectivity index (χ3n) is 3.19. The summed E-state index contributed by atoms with van der Waals surface area (Å²) in [6.45, 7) is 1.52. The van der Waals surface area contributed by atoms with Crippen LogP contribution in [0.2, 0.25) is 5.15 Å². The van der Waals surface area contributed by atoms with Crippen LogP contribution in [0.1, 0.15) is 11.3 Å². The predicted molar refractivity (Wildman–Crippen MR) is 83.4 cm³/mol. The zero-order valence-corrected chi connectivity index (χ0v) is 12.2. The van der Waals surface area contributed by atoms with Crippen LogP contribution in [0, 0.1) is 0 Å². The van der Waals surface area contributed by atoms with Crippen molar-refractivity contribution in [2.45, 2.75) is 13.1 Å². The average molecular weight is 299 g/mol. The first-order valence-electron chi connectivity index (χ1n) is 6.71. The van der Waals surface area contributed by atoms with E-state index >= 15 is 0 Å². The monoisotopic (exact) mass is 298 g/mol. The van der Waals surface area contributed by atoms with Crippen molar-refractivity contribution in [3.05, 3.63) is 77.6 Å². The molecule has 5 heteroatoms. The second-order valence-corrected chi connectivity index (χ2v) is 5.01. The molecule has 106 valence electrons. The number of aromatic nitrogens is 3. The lowest BCUT2D eigenvalue weighted by atomic mass is 10.3. The van der Waals surface area contributed by atoms with Crippen LogP contribution in [0.4, 0.5) is 0 Å². The lowest BCUT2D eigenvalue weighted by Crippen LogP contribution is -2.15. The van der Waals surface area contributed by atoms with Crippen LogP contribution in [0.5, 0.6) is 0 Å². The summed E-state index contributed by atoms with van der Waals surface area (Å²) in [5, 5.41) is 3.91. The van der Waals surface area contributed by atoms with Gasteiger partial charge in [0.1, 0.15) is 0 Å². The highest BCUT2D eigenvalue weighted by atomic mass is 35.5. The quantitative estimate of drug-likeness (QED) is 0.736. The van der Waals surface area contributed by atoms with Gasteiger partial charge in [-0.25, -0.2) is 4.98 Å². The van der Waals surface area contributed by atoms with Gasteiger partial charge >= 0.3 is 0 Å². The Balaban J connectivity index is 1.70. The molecule has 0 aliphatic rings. The molecule has 4 nitrogen and oxygen atoms in total. The lowest BCUT2D eigenvalue weighted by Gasteiger charge is -2.11. The van der Waals surface area contributed by atoms with Crippen molar-refractivity contribution in [1.29, 1.82) is 0 Å². The third kappa shape index (κ3) is 3.29. The van der Waals surface area contributed by atoms with Crippen molar-refractivity contribution in [2.75, 3.05) is 0 Å². The second-order valence-electron chi connectivity index (χ2n) is 4.65. The maximum Gasteiger partial charge on any atom is 0.152 e. The molecular formula is C16H15ClN4. The zero-order chi connectivity index (χ0) is 14.5. The van der Waals surface area contributed by atoms with Gasteiger partial charge in [-0.1, -0.05) is 17.7 Å². The normalized spacial score (nSPS) is 10.7. The van der Waals surface area contributed by atoms with Gasteiger partial charge in [-0.15, -0.1) is 0 Å². The van der Waals surface area contributed by atoms with Crippen LogP contribution >= 0.6 is 11.6 Å². The molecule has 0 fully saturated rings. The smallest absolute Gasteiger partial charge is 0.152 e. The van der Waals surface area contributed by atoms with Crippen LogP contribution in [-0.4, -0.2) is 14.5 Å². The SMILES string of the molecule is Clc1ncccc1-n1cccc1CNCc1cccnc1. The van der Waals surface area contributed by atoms with E-state index in [4.69, 9.17) is 11.6 Å². The molecule has 0 radical (unpaired) electrons. The Morgan fingerprint density at radius 2 is 1.95 bits per heavy atom. The van der Waals surface area contributed by atoms with Crippen molar-refractivity contribution >= 4 is 11.6 Å². The number of nitrogens with one attached hydrogen (secondary N) is 1. The van der Waals surface area contributed by atoms with Gasteiger partial charge in [0.15, 0.2) is 5.15 Å². The van der Waals surface area contributed by atoms with Gasteiger partial charge in [0.2, 0.25) is 0 Å².